The third-order valence-electron chi connectivity index (χ3n) is 7.96. The smallest absolute Gasteiger partial charge is 0.256 e. The summed E-state index contributed by atoms with van der Waals surface area (Å²) < 4.78 is 7.28. The predicted octanol–water partition coefficient (Wildman–Crippen LogP) is 6.12. The second-order valence-electron chi connectivity index (χ2n) is 10.6. The number of ether oxygens (including phenoxy) is 1. The molecule has 6 nitrogen and oxygen atoms in total. The van der Waals surface area contributed by atoms with Crippen LogP contribution in [-0.4, -0.2) is 70.9 Å². The molecule has 1 amide bonds. The lowest BCUT2D eigenvalue weighted by atomic mass is 10.0. The van der Waals surface area contributed by atoms with Crippen molar-refractivity contribution in [2.75, 3.05) is 39.3 Å². The number of likely N-dealkylation sites (tertiary alicyclic amines) is 1. The number of piperazine rings is 1. The molecule has 39 heavy (non-hydrogen) atoms. The number of pyridine rings is 1. The van der Waals surface area contributed by atoms with Crippen molar-refractivity contribution < 1.29 is 9.53 Å². The summed E-state index contributed by atoms with van der Waals surface area (Å²) in [4.78, 5) is 24.6. The quantitative estimate of drug-likeness (QED) is 0.322. The van der Waals surface area contributed by atoms with Gasteiger partial charge in [-0.25, -0.2) is 0 Å². The fourth-order valence-electron chi connectivity index (χ4n) is 5.70. The fraction of sp³-hybridized carbons (Fsp3) is 0.419. The molecular weight excluding hydrogens is 576 g/mol. The van der Waals surface area contributed by atoms with Crippen LogP contribution in [-0.2, 0) is 13.2 Å². The van der Waals surface area contributed by atoms with Gasteiger partial charge in [-0.05, 0) is 87.3 Å². The van der Waals surface area contributed by atoms with Crippen LogP contribution in [0.15, 0.2) is 59.2 Å². The van der Waals surface area contributed by atoms with Crippen molar-refractivity contribution >= 4 is 33.4 Å². The van der Waals surface area contributed by atoms with E-state index in [9.17, 15) is 4.79 Å². The minimum atomic E-state index is 0.121. The first-order valence-corrected chi connectivity index (χ1v) is 14.9. The number of hydrogen-bond donors (Lipinski definition) is 0. The number of amides is 1. The molecule has 2 saturated heterocycles. The van der Waals surface area contributed by atoms with Gasteiger partial charge in [-0.3, -0.25) is 19.6 Å². The van der Waals surface area contributed by atoms with Crippen LogP contribution in [0.4, 0.5) is 0 Å². The lowest BCUT2D eigenvalue weighted by Gasteiger charge is -2.43. The van der Waals surface area contributed by atoms with Crippen LogP contribution in [0.3, 0.4) is 0 Å². The molecule has 2 aliphatic rings. The molecule has 0 bridgehead atoms. The van der Waals surface area contributed by atoms with Gasteiger partial charge in [-0.1, -0.05) is 39.7 Å². The van der Waals surface area contributed by atoms with Gasteiger partial charge in [0, 0.05) is 60.0 Å². The second kappa shape index (κ2) is 12.8. The van der Waals surface area contributed by atoms with Crippen LogP contribution < -0.4 is 4.74 Å². The van der Waals surface area contributed by atoms with E-state index in [0.717, 1.165) is 96.3 Å². The predicted molar refractivity (Wildman–Crippen MR) is 159 cm³/mol. The van der Waals surface area contributed by atoms with Crippen molar-refractivity contribution in [2.45, 2.75) is 45.9 Å². The first-order valence-electron chi connectivity index (χ1n) is 13.7. The molecule has 5 rings (SSSR count). The summed E-state index contributed by atoms with van der Waals surface area (Å²) in [6.07, 6.45) is 4.06. The first kappa shape index (κ1) is 28.1. The number of piperidine rings is 1. The molecule has 3 heterocycles. The Hall–Kier alpha value is -2.45. The van der Waals surface area contributed by atoms with E-state index in [2.05, 4.69) is 42.8 Å². The first-order chi connectivity index (χ1) is 18.9. The minimum absolute atomic E-state index is 0.121. The number of aryl methyl sites for hydroxylation is 2. The summed E-state index contributed by atoms with van der Waals surface area (Å²) in [5.74, 6) is 1.05. The molecule has 206 valence electrons. The largest absolute Gasteiger partial charge is 0.489 e. The maximum Gasteiger partial charge on any atom is 0.256 e. The van der Waals surface area contributed by atoms with Crippen molar-refractivity contribution in [3.63, 3.8) is 0 Å². The van der Waals surface area contributed by atoms with Gasteiger partial charge >= 0.3 is 0 Å². The zero-order valence-electron chi connectivity index (χ0n) is 22.7. The van der Waals surface area contributed by atoms with Crippen LogP contribution in [0.2, 0.25) is 5.02 Å². The molecule has 0 atom stereocenters. The summed E-state index contributed by atoms with van der Waals surface area (Å²) in [5.41, 5.74) is 4.89. The topological polar surface area (TPSA) is 48.9 Å². The molecule has 0 saturated carbocycles. The van der Waals surface area contributed by atoms with E-state index >= 15 is 0 Å². The van der Waals surface area contributed by atoms with Crippen LogP contribution in [0.25, 0.3) is 0 Å². The summed E-state index contributed by atoms with van der Waals surface area (Å²) >= 11 is 9.66. The monoisotopic (exact) mass is 610 g/mol. The van der Waals surface area contributed by atoms with E-state index in [1.54, 1.807) is 6.20 Å². The lowest BCUT2D eigenvalue weighted by Crippen LogP contribution is -2.54. The average Bonchev–Trinajstić information content (AvgIpc) is 2.94. The molecule has 0 unspecified atom stereocenters. The molecule has 1 aromatic heterocycles. The number of nitrogens with zero attached hydrogens (tertiary/aromatic N) is 4. The van der Waals surface area contributed by atoms with E-state index < -0.39 is 0 Å². The van der Waals surface area contributed by atoms with E-state index in [4.69, 9.17) is 16.3 Å². The number of halogens is 2. The lowest BCUT2D eigenvalue weighted by molar-refractivity contribution is 0.0442. The fourth-order valence-corrected chi connectivity index (χ4v) is 6.24. The number of carbonyl (C=O) groups is 1. The third-order valence-corrected chi connectivity index (χ3v) is 8.71. The highest BCUT2D eigenvalue weighted by atomic mass is 79.9. The number of benzene rings is 2. The maximum absolute atomic E-state index is 13.2. The normalized spacial score (nSPS) is 17.4. The van der Waals surface area contributed by atoms with Gasteiger partial charge in [0.05, 0.1) is 11.3 Å². The summed E-state index contributed by atoms with van der Waals surface area (Å²) in [7, 11) is 0. The van der Waals surface area contributed by atoms with Crippen molar-refractivity contribution in [3.8, 4) is 5.75 Å². The molecule has 0 aliphatic carbocycles. The van der Waals surface area contributed by atoms with Crippen molar-refractivity contribution in [2.24, 2.45) is 0 Å². The molecule has 0 radical (unpaired) electrons. The minimum Gasteiger partial charge on any atom is -0.489 e. The standard InChI is InChI=1S/C31H36BrClN4O2/c1-22-9-12-34-23(2)30(22)31(38)37-17-15-36(16-18-37)28-10-13-35(14-11-28)20-25-19-26(32)5-8-29(25)39-21-24-3-6-27(33)7-4-24/h3-9,12,19,28H,10-11,13-18,20-21H2,1-2H3. The molecular formula is C31H36BrClN4O2. The maximum atomic E-state index is 13.2. The van der Waals surface area contributed by atoms with Gasteiger partial charge in [0.25, 0.3) is 5.91 Å². The highest BCUT2D eigenvalue weighted by Gasteiger charge is 2.30. The van der Waals surface area contributed by atoms with E-state index in [0.29, 0.717) is 12.6 Å². The van der Waals surface area contributed by atoms with Crippen molar-refractivity contribution in [3.05, 3.63) is 92.2 Å². The number of carbonyl (C=O) groups excluding carboxylic acids is 1. The van der Waals surface area contributed by atoms with Gasteiger partial charge in [-0.2, -0.15) is 0 Å². The van der Waals surface area contributed by atoms with Crippen molar-refractivity contribution in [1.82, 2.24) is 19.7 Å². The SMILES string of the molecule is Cc1ccnc(C)c1C(=O)N1CCN(C2CCN(Cc3cc(Br)ccc3OCc3ccc(Cl)cc3)CC2)CC1. The molecule has 3 aromatic rings. The Balaban J connectivity index is 1.12. The molecule has 8 heteroatoms. The highest BCUT2D eigenvalue weighted by Crippen LogP contribution is 2.28. The second-order valence-corrected chi connectivity index (χ2v) is 11.9. The summed E-state index contributed by atoms with van der Waals surface area (Å²) in [6, 6.07) is 16.6. The summed E-state index contributed by atoms with van der Waals surface area (Å²) in [6.45, 7) is 10.8. The third kappa shape index (κ3) is 7.01. The Kier molecular flexibility index (Phi) is 9.23. The van der Waals surface area contributed by atoms with Crippen LogP contribution in [0, 0.1) is 13.8 Å². The van der Waals surface area contributed by atoms with Crippen LogP contribution in [0.5, 0.6) is 5.75 Å². The van der Waals surface area contributed by atoms with Crippen LogP contribution >= 0.6 is 27.5 Å². The summed E-state index contributed by atoms with van der Waals surface area (Å²) in [5, 5.41) is 0.733. The molecule has 0 spiro atoms. The Morgan fingerprint density at radius 1 is 1.00 bits per heavy atom. The zero-order chi connectivity index (χ0) is 27.4. The Bertz CT molecular complexity index is 1270. The van der Waals surface area contributed by atoms with E-state index in [-0.39, 0.29) is 5.91 Å². The number of aromatic nitrogens is 1. The van der Waals surface area contributed by atoms with Gasteiger partial charge < -0.3 is 9.64 Å². The Morgan fingerprint density at radius 3 is 2.41 bits per heavy atom. The molecule has 2 aromatic carbocycles. The van der Waals surface area contributed by atoms with Gasteiger partial charge in [0.2, 0.25) is 0 Å². The average molecular weight is 612 g/mol. The van der Waals surface area contributed by atoms with Gasteiger partial charge in [0.15, 0.2) is 0 Å². The molecule has 2 aliphatic heterocycles. The number of hydrogen-bond acceptors (Lipinski definition) is 5. The van der Waals surface area contributed by atoms with Gasteiger partial charge in [-0.15, -0.1) is 0 Å². The Labute approximate surface area is 245 Å². The molecule has 0 N–H and O–H groups in total. The Morgan fingerprint density at radius 2 is 1.72 bits per heavy atom. The van der Waals surface area contributed by atoms with Crippen molar-refractivity contribution in [1.29, 1.82) is 0 Å². The molecule has 2 fully saturated rings. The zero-order valence-corrected chi connectivity index (χ0v) is 25.0. The van der Waals surface area contributed by atoms with Gasteiger partial charge in [0.1, 0.15) is 12.4 Å². The highest BCUT2D eigenvalue weighted by molar-refractivity contribution is 9.10. The van der Waals surface area contributed by atoms with Crippen LogP contribution in [0.1, 0.15) is 45.6 Å². The van der Waals surface area contributed by atoms with E-state index in [1.165, 1.54) is 5.56 Å². The number of rotatable bonds is 7. The van der Waals surface area contributed by atoms with E-state index in [1.807, 2.05) is 55.1 Å².